The van der Waals surface area contributed by atoms with E-state index in [-0.39, 0.29) is 0 Å². The number of rotatable bonds is 14. The lowest BCUT2D eigenvalue weighted by Gasteiger charge is -2.38. The summed E-state index contributed by atoms with van der Waals surface area (Å²) < 4.78 is 21.7. The minimum absolute atomic E-state index is 0.562. The molecule has 3 saturated carbocycles. The van der Waals surface area contributed by atoms with Crippen LogP contribution in [0.1, 0.15) is 303 Å². The van der Waals surface area contributed by atoms with E-state index >= 15 is 0 Å². The first kappa shape index (κ1) is 107. The van der Waals surface area contributed by atoms with Gasteiger partial charge in [0.2, 0.25) is 0 Å². The lowest BCUT2D eigenvalue weighted by Crippen LogP contribution is -2.50. The Morgan fingerprint density at radius 3 is 0.840 bits per heavy atom. The lowest BCUT2D eigenvalue weighted by atomic mass is 9.76. The van der Waals surface area contributed by atoms with Crippen molar-refractivity contribution in [1.29, 1.82) is 0 Å². The summed E-state index contributed by atoms with van der Waals surface area (Å²) in [5.41, 5.74) is 0. The summed E-state index contributed by atoms with van der Waals surface area (Å²) in [6.07, 6.45) is 27.1. The van der Waals surface area contributed by atoms with Gasteiger partial charge >= 0.3 is 0 Å². The van der Waals surface area contributed by atoms with E-state index in [0.29, 0.717) is 36.4 Å². The Balaban J connectivity index is 0.000000202. The minimum atomic E-state index is 0.562. The molecule has 17 rings (SSSR count). The third-order valence-corrected chi connectivity index (χ3v) is 30.3. The summed E-state index contributed by atoms with van der Waals surface area (Å²) in [5, 5.41) is 0. The monoisotopic (exact) mass is 1680 g/mol. The van der Waals surface area contributed by atoms with Gasteiger partial charge in [0, 0.05) is 214 Å². The quantitative estimate of drug-likeness (QED) is 0.165. The molecule has 0 aromatic heterocycles. The van der Waals surface area contributed by atoms with E-state index in [4.69, 9.17) is 18.9 Å². The van der Waals surface area contributed by atoms with Crippen LogP contribution in [0.15, 0.2) is 0 Å². The molecule has 0 amide bonds. The van der Waals surface area contributed by atoms with Crippen LogP contribution in [0.5, 0.6) is 0 Å². The Kier molecular flexibility index (Phi) is 51.6. The first-order valence-electron chi connectivity index (χ1n) is 51.4. The number of nitrogens with zero attached hydrogens (tertiary/aromatic N) is 14. The SMILES string of the molecule is CC(C)C1CC2CCC(C2)C1.CC(C)N1C2CCC1COC2.CC(C)N1CC2CC2C1.CC(C)N1CCCC1.CC(C)N1CCCCC1.CC(C)N1CCCCC1.CC(C)N1CCN(C(C)C)CC1.CC(C)N1CCN(C)CC1.CC(C)N1CCOCC1.CC(C)N1C[C@@H]2C[C@H]1CO2.CC(C)N1C[C@H]2C[C@@H]1CO2.CCN1CCN(C(C)C)CC1. The number of ether oxygens (including phenoxy) is 4. The van der Waals surface area contributed by atoms with Gasteiger partial charge < -0.3 is 48.3 Å². The normalized spacial score (nSPS) is 30.6. The standard InChI is InChI=1S/C11H20.C10H22N2.C9H20N2.C9H17NO.C8H18N2.2C8H15NO.C8H15N.2C8H17N.C7H15NO.C7H15N/c1-8(2)11-6-9-3-4-10(5-9)7-11;1-9(2)11-5-7-12(8-6-11)10(3)4;1-4-10-5-7-11(8-6-10)9(2)3;1-7(2)10-8-3-4-9(10)6-11-5-8;1-8(2)10-6-4-9(3)5-7-10;2*1-6(2)9-4-8-3-7(9)5-10-8;1-6(2)9-4-7-3-8(7)5-9;2*1-8(2)9-6-4-3-5-7-9;1-7(2)8-3-5-9-6-4-8;1-7(2)8-5-3-4-6-8/h8-11H,3-7H2,1-2H3;9-10H,5-8H2,1-4H3;9H,4-8H2,1-3H3;7-9H,3-6H2,1-2H3;8H,4-7H2,1-3H3;2*6-8H,3-5H2,1-2H3;6-8H,3-5H2,1-2H3;2*8H,3-7H2,1-2H3;7H,3-6H2,1-2H3;7H,3-6H2,1-2H3/t;;;;;2*7-,8-;;;;;/m.....10...../s1. The molecule has 3 aliphatic carbocycles. The van der Waals surface area contributed by atoms with E-state index in [9.17, 15) is 0 Å². The van der Waals surface area contributed by atoms with Crippen molar-refractivity contribution < 1.29 is 18.9 Å². The highest BCUT2D eigenvalue weighted by Crippen LogP contribution is 2.47. The molecule has 0 spiro atoms. The fourth-order valence-corrected chi connectivity index (χ4v) is 21.5. The summed E-state index contributed by atoms with van der Waals surface area (Å²) in [5.74, 6) is 6.47. The number of hydrogen-bond acceptors (Lipinski definition) is 18. The average Bonchev–Trinajstić information content (AvgIpc) is 1.65. The number of likely N-dealkylation sites (N-methyl/N-ethyl adjacent to an activating group) is 2. The second-order valence-electron chi connectivity index (χ2n) is 43.3. The van der Waals surface area contributed by atoms with Gasteiger partial charge in [0.05, 0.1) is 51.8 Å². The predicted octanol–water partition coefficient (Wildman–Crippen LogP) is 16.9. The summed E-state index contributed by atoms with van der Waals surface area (Å²) in [4.78, 5) is 35.5. The van der Waals surface area contributed by atoms with E-state index in [1.165, 1.54) is 234 Å². The van der Waals surface area contributed by atoms with Crippen LogP contribution in [0.3, 0.4) is 0 Å². The number of likely N-dealkylation sites (tertiary alicyclic amines) is 6. The zero-order chi connectivity index (χ0) is 87.4. The molecular formula is C101H206N14O4. The van der Waals surface area contributed by atoms with Crippen LogP contribution in [-0.2, 0) is 18.9 Å². The zero-order valence-corrected chi connectivity index (χ0v) is 84.4. The average molecular weight is 1680 g/mol. The molecule has 0 aromatic rings. The highest BCUT2D eigenvalue weighted by Gasteiger charge is 2.46. The Bertz CT molecular complexity index is 2330. The molecule has 17 fully saturated rings. The molecule has 0 aromatic carbocycles. The van der Waals surface area contributed by atoms with E-state index in [2.05, 4.69) is 263 Å². The first-order chi connectivity index (χ1) is 56.6. The van der Waals surface area contributed by atoms with Gasteiger partial charge in [-0.05, 0) is 344 Å². The minimum Gasteiger partial charge on any atom is -0.379 e. The molecule has 6 unspecified atom stereocenters. The Morgan fingerprint density at radius 2 is 0.588 bits per heavy atom. The van der Waals surface area contributed by atoms with Gasteiger partial charge in [0.25, 0.3) is 0 Å². The smallest absolute Gasteiger partial charge is 0.0718 e. The van der Waals surface area contributed by atoms with Gasteiger partial charge in [-0.2, -0.15) is 0 Å². The highest BCUT2D eigenvalue weighted by atomic mass is 16.5. The molecule has 704 valence electrons. The van der Waals surface area contributed by atoms with E-state index in [1.807, 2.05) is 0 Å². The van der Waals surface area contributed by atoms with Crippen molar-refractivity contribution in [2.75, 3.05) is 210 Å². The van der Waals surface area contributed by atoms with Crippen molar-refractivity contribution in [2.45, 2.75) is 411 Å². The summed E-state index contributed by atoms with van der Waals surface area (Å²) in [6.45, 7) is 98.8. The number of hydrogen-bond donors (Lipinski definition) is 0. The molecule has 14 saturated heterocycles. The Labute approximate surface area is 740 Å². The second kappa shape index (κ2) is 57.4. The summed E-state index contributed by atoms with van der Waals surface area (Å²) in [7, 11) is 2.19. The van der Waals surface area contributed by atoms with Crippen LogP contribution in [0.4, 0.5) is 0 Å². The molecule has 10 atom stereocenters. The predicted molar refractivity (Wildman–Crippen MR) is 512 cm³/mol. The second-order valence-corrected chi connectivity index (χ2v) is 43.3. The zero-order valence-electron chi connectivity index (χ0n) is 84.4. The molecular weight excluding hydrogens is 1470 g/mol. The molecule has 119 heavy (non-hydrogen) atoms. The van der Waals surface area contributed by atoms with E-state index in [1.54, 1.807) is 32.1 Å². The van der Waals surface area contributed by atoms with Gasteiger partial charge in [-0.25, -0.2) is 0 Å². The van der Waals surface area contributed by atoms with Crippen molar-refractivity contribution in [3.63, 3.8) is 0 Å². The van der Waals surface area contributed by atoms with Gasteiger partial charge in [0.15, 0.2) is 0 Å². The third kappa shape index (κ3) is 39.6. The first-order valence-corrected chi connectivity index (χ1v) is 51.4. The van der Waals surface area contributed by atoms with Crippen LogP contribution in [0.2, 0.25) is 0 Å². The number of morpholine rings is 4. The van der Waals surface area contributed by atoms with Crippen LogP contribution in [-0.4, -0.2) is 388 Å². The maximum atomic E-state index is 5.50. The Morgan fingerprint density at radius 1 is 0.269 bits per heavy atom. The summed E-state index contributed by atoms with van der Waals surface area (Å²) >= 11 is 0. The number of piperazine rings is 3. The number of piperidine rings is 3. The molecule has 18 nitrogen and oxygen atoms in total. The fraction of sp³-hybridized carbons (Fsp3) is 1.00. The van der Waals surface area contributed by atoms with E-state index < -0.39 is 0 Å². The molecule has 14 heterocycles. The highest BCUT2D eigenvalue weighted by molar-refractivity contribution is 4.98. The molecule has 0 N–H and O–H groups in total. The van der Waals surface area contributed by atoms with Crippen molar-refractivity contribution in [1.82, 2.24) is 68.6 Å². The maximum Gasteiger partial charge on any atom is 0.0718 e. The molecule has 14 aliphatic heterocycles. The van der Waals surface area contributed by atoms with Gasteiger partial charge in [-0.3, -0.25) is 39.2 Å². The Hall–Kier alpha value is -0.720. The van der Waals surface area contributed by atoms with Crippen LogP contribution >= 0.6 is 0 Å². The fourth-order valence-electron chi connectivity index (χ4n) is 21.5. The molecule has 8 bridgehead atoms. The van der Waals surface area contributed by atoms with Crippen LogP contribution in [0, 0.1) is 35.5 Å². The number of fused-ring (bicyclic) bond motifs is 9. The van der Waals surface area contributed by atoms with Gasteiger partial charge in [-0.1, -0.05) is 46.5 Å². The maximum absolute atomic E-state index is 5.50. The van der Waals surface area contributed by atoms with Crippen molar-refractivity contribution in [3.05, 3.63) is 0 Å². The van der Waals surface area contributed by atoms with Crippen molar-refractivity contribution in [3.8, 4) is 0 Å². The largest absolute Gasteiger partial charge is 0.379 e. The van der Waals surface area contributed by atoms with Crippen LogP contribution in [0.25, 0.3) is 0 Å². The van der Waals surface area contributed by atoms with E-state index in [0.717, 1.165) is 161 Å². The summed E-state index contributed by atoms with van der Waals surface area (Å²) in [6, 6.07) is 11.8. The molecule has 17 aliphatic rings. The van der Waals surface area contributed by atoms with Crippen molar-refractivity contribution >= 4 is 0 Å². The molecule has 0 radical (unpaired) electrons. The molecule has 18 heteroatoms. The van der Waals surface area contributed by atoms with Crippen molar-refractivity contribution in [2.24, 2.45) is 35.5 Å². The van der Waals surface area contributed by atoms with Gasteiger partial charge in [-0.15, -0.1) is 0 Å². The van der Waals surface area contributed by atoms with Crippen LogP contribution < -0.4 is 0 Å². The topological polar surface area (TPSA) is 82.3 Å². The third-order valence-electron chi connectivity index (χ3n) is 30.3. The lowest BCUT2D eigenvalue weighted by molar-refractivity contribution is -0.0293. The van der Waals surface area contributed by atoms with Gasteiger partial charge in [0.1, 0.15) is 0 Å².